The molecule has 7 nitrogen and oxygen atoms in total. The molecular formula is C16H20N2O5S. The van der Waals surface area contributed by atoms with E-state index in [2.05, 4.69) is 0 Å². The Morgan fingerprint density at radius 1 is 1.33 bits per heavy atom. The fourth-order valence-electron chi connectivity index (χ4n) is 3.52. The van der Waals surface area contributed by atoms with Gasteiger partial charge in [0.15, 0.2) is 0 Å². The highest BCUT2D eigenvalue weighted by Crippen LogP contribution is 2.42. The average Bonchev–Trinajstić information content (AvgIpc) is 3.08. The molecule has 0 bridgehead atoms. The Balaban J connectivity index is 2.07. The monoisotopic (exact) mass is 352 g/mol. The number of benzene rings is 1. The van der Waals surface area contributed by atoms with E-state index in [4.69, 9.17) is 0 Å². The summed E-state index contributed by atoms with van der Waals surface area (Å²) < 4.78 is 26.8. The van der Waals surface area contributed by atoms with Gasteiger partial charge in [-0.3, -0.25) is 9.59 Å². The number of carboxylic acids is 1. The molecule has 2 aliphatic heterocycles. The predicted octanol–water partition coefficient (Wildman–Crippen LogP) is 1.18. The second-order valence-corrected chi connectivity index (χ2v) is 8.67. The summed E-state index contributed by atoms with van der Waals surface area (Å²) >= 11 is 0. The van der Waals surface area contributed by atoms with Crippen molar-refractivity contribution in [3.63, 3.8) is 0 Å². The van der Waals surface area contributed by atoms with Crippen LogP contribution >= 0.6 is 0 Å². The predicted molar refractivity (Wildman–Crippen MR) is 87.4 cm³/mol. The van der Waals surface area contributed by atoms with Gasteiger partial charge >= 0.3 is 5.97 Å². The van der Waals surface area contributed by atoms with Crippen LogP contribution in [0.1, 0.15) is 32.3 Å². The van der Waals surface area contributed by atoms with Crippen molar-refractivity contribution in [2.24, 2.45) is 0 Å². The number of carboxylic acid groups (broad SMARTS) is 1. The number of hydrogen-bond donors (Lipinski definition) is 1. The molecule has 0 aliphatic carbocycles. The number of aliphatic carboxylic acids is 1. The quantitative estimate of drug-likeness (QED) is 0.881. The first kappa shape index (κ1) is 16.9. The Kier molecular flexibility index (Phi) is 3.72. The highest BCUT2D eigenvalue weighted by molar-refractivity contribution is 7.89. The number of carbonyl (C=O) groups is 2. The van der Waals surface area contributed by atoms with Crippen LogP contribution in [-0.2, 0) is 25.0 Å². The molecule has 1 N–H and O–H groups in total. The number of anilines is 1. The van der Waals surface area contributed by atoms with E-state index in [0.29, 0.717) is 24.1 Å². The first-order valence-electron chi connectivity index (χ1n) is 7.76. The Morgan fingerprint density at radius 2 is 2.00 bits per heavy atom. The van der Waals surface area contributed by atoms with E-state index in [-0.39, 0.29) is 17.3 Å². The van der Waals surface area contributed by atoms with Crippen LogP contribution in [0.4, 0.5) is 5.69 Å². The van der Waals surface area contributed by atoms with Crippen LogP contribution in [-0.4, -0.2) is 49.3 Å². The van der Waals surface area contributed by atoms with Gasteiger partial charge in [0.25, 0.3) is 0 Å². The van der Waals surface area contributed by atoms with Crippen molar-refractivity contribution in [1.82, 2.24) is 4.31 Å². The number of amides is 1. The molecule has 0 spiro atoms. The van der Waals surface area contributed by atoms with Crippen molar-refractivity contribution in [3.8, 4) is 0 Å². The summed E-state index contributed by atoms with van der Waals surface area (Å²) in [5.41, 5.74) is 0.509. The average molecular weight is 352 g/mol. The van der Waals surface area contributed by atoms with Gasteiger partial charge in [-0.2, -0.15) is 4.31 Å². The molecule has 1 amide bonds. The second-order valence-electron chi connectivity index (χ2n) is 6.78. The van der Waals surface area contributed by atoms with Gasteiger partial charge in [-0.05, 0) is 50.5 Å². The molecule has 1 fully saturated rings. The summed E-state index contributed by atoms with van der Waals surface area (Å²) in [4.78, 5) is 25.2. The molecule has 0 aromatic heterocycles. The molecule has 0 saturated carbocycles. The third-order valence-electron chi connectivity index (χ3n) is 4.94. The van der Waals surface area contributed by atoms with Gasteiger partial charge < -0.3 is 10.0 Å². The maximum Gasteiger partial charge on any atom is 0.322 e. The van der Waals surface area contributed by atoms with Crippen LogP contribution in [0, 0.1) is 0 Å². The minimum atomic E-state index is -3.92. The lowest BCUT2D eigenvalue weighted by Gasteiger charge is -2.22. The zero-order chi connectivity index (χ0) is 17.9. The van der Waals surface area contributed by atoms with Crippen molar-refractivity contribution in [2.75, 3.05) is 18.5 Å². The van der Waals surface area contributed by atoms with Gasteiger partial charge in [-0.1, -0.05) is 0 Å². The lowest BCUT2D eigenvalue weighted by Crippen LogP contribution is -2.40. The third-order valence-corrected chi connectivity index (χ3v) is 6.84. The number of hydrogen-bond acceptors (Lipinski definition) is 4. The Hall–Kier alpha value is -1.93. The largest absolute Gasteiger partial charge is 0.480 e. The molecule has 2 heterocycles. The summed E-state index contributed by atoms with van der Waals surface area (Å²) in [5, 5.41) is 9.24. The van der Waals surface area contributed by atoms with E-state index in [1.54, 1.807) is 27.0 Å². The van der Waals surface area contributed by atoms with Crippen LogP contribution < -0.4 is 4.90 Å². The van der Waals surface area contributed by atoms with Crippen molar-refractivity contribution >= 4 is 27.6 Å². The van der Waals surface area contributed by atoms with Gasteiger partial charge in [0.2, 0.25) is 15.9 Å². The lowest BCUT2D eigenvalue weighted by atomic mass is 9.86. The molecule has 3 rings (SSSR count). The summed E-state index contributed by atoms with van der Waals surface area (Å²) in [7, 11) is -2.26. The van der Waals surface area contributed by atoms with Crippen LogP contribution in [0.5, 0.6) is 0 Å². The zero-order valence-electron chi connectivity index (χ0n) is 13.8. The maximum absolute atomic E-state index is 12.9. The highest BCUT2D eigenvalue weighted by atomic mass is 32.2. The standard InChI is InChI=1S/C16H20N2O5S/c1-16(2)11-9-10(6-7-12(11)17(3)15(16)21)24(22,23)18-8-4-5-13(18)14(19)20/h6-7,9,13H,4-5,8H2,1-3H3,(H,19,20)/t13-/m0/s1. The van der Waals surface area contributed by atoms with E-state index in [9.17, 15) is 23.1 Å². The summed E-state index contributed by atoms with van der Waals surface area (Å²) in [6.07, 6.45) is 0.833. The molecule has 130 valence electrons. The van der Waals surface area contributed by atoms with Gasteiger partial charge in [0.1, 0.15) is 6.04 Å². The van der Waals surface area contributed by atoms with Gasteiger partial charge in [0, 0.05) is 19.3 Å². The normalized spacial score (nSPS) is 23.5. The molecule has 0 radical (unpaired) electrons. The molecule has 1 atom stereocenters. The van der Waals surface area contributed by atoms with Crippen molar-refractivity contribution < 1.29 is 23.1 Å². The topological polar surface area (TPSA) is 95.0 Å². The lowest BCUT2D eigenvalue weighted by molar-refractivity contribution is -0.140. The van der Waals surface area contributed by atoms with Gasteiger partial charge in [-0.25, -0.2) is 8.42 Å². The summed E-state index contributed by atoms with van der Waals surface area (Å²) in [6.45, 7) is 3.70. The van der Waals surface area contributed by atoms with E-state index in [0.717, 1.165) is 4.31 Å². The number of nitrogens with zero attached hydrogens (tertiary/aromatic N) is 2. The van der Waals surface area contributed by atoms with Crippen molar-refractivity contribution in [1.29, 1.82) is 0 Å². The number of likely N-dealkylation sites (N-methyl/N-ethyl adjacent to an activating group) is 1. The number of carbonyl (C=O) groups excluding carboxylic acids is 1. The minimum absolute atomic E-state index is 0.0329. The van der Waals surface area contributed by atoms with Crippen LogP contribution in [0.15, 0.2) is 23.1 Å². The van der Waals surface area contributed by atoms with Crippen LogP contribution in [0.2, 0.25) is 0 Å². The molecule has 1 aromatic carbocycles. The number of rotatable bonds is 3. The van der Waals surface area contributed by atoms with Gasteiger partial charge in [-0.15, -0.1) is 0 Å². The Bertz CT molecular complexity index is 831. The smallest absolute Gasteiger partial charge is 0.322 e. The molecule has 24 heavy (non-hydrogen) atoms. The number of sulfonamides is 1. The molecule has 8 heteroatoms. The third kappa shape index (κ3) is 2.24. The molecule has 2 aliphatic rings. The van der Waals surface area contributed by atoms with E-state index in [1.807, 2.05) is 0 Å². The minimum Gasteiger partial charge on any atom is -0.480 e. The summed E-state index contributed by atoms with van der Waals surface area (Å²) in [5.74, 6) is -1.23. The fraction of sp³-hybridized carbons (Fsp3) is 0.500. The Morgan fingerprint density at radius 3 is 2.62 bits per heavy atom. The number of fused-ring (bicyclic) bond motifs is 1. The zero-order valence-corrected chi connectivity index (χ0v) is 14.6. The van der Waals surface area contributed by atoms with E-state index >= 15 is 0 Å². The molecule has 0 unspecified atom stereocenters. The van der Waals surface area contributed by atoms with Crippen molar-refractivity contribution in [2.45, 2.75) is 43.0 Å². The van der Waals surface area contributed by atoms with Crippen molar-refractivity contribution in [3.05, 3.63) is 23.8 Å². The fourth-order valence-corrected chi connectivity index (χ4v) is 5.20. The second kappa shape index (κ2) is 5.29. The summed E-state index contributed by atoms with van der Waals surface area (Å²) in [6, 6.07) is 3.53. The first-order chi connectivity index (χ1) is 11.1. The van der Waals surface area contributed by atoms with Crippen LogP contribution in [0.3, 0.4) is 0 Å². The van der Waals surface area contributed by atoms with Gasteiger partial charge in [0.05, 0.1) is 10.3 Å². The Labute approximate surface area is 140 Å². The maximum atomic E-state index is 12.9. The molecule has 1 aromatic rings. The molecule has 1 saturated heterocycles. The SMILES string of the molecule is CN1C(=O)C(C)(C)c2cc(S(=O)(=O)N3CCC[C@H]3C(=O)O)ccc21. The molecular weight excluding hydrogens is 332 g/mol. The van der Waals surface area contributed by atoms with E-state index in [1.165, 1.54) is 17.0 Å². The van der Waals surface area contributed by atoms with Crippen LogP contribution in [0.25, 0.3) is 0 Å². The highest BCUT2D eigenvalue weighted by Gasteiger charge is 2.44. The van der Waals surface area contributed by atoms with E-state index < -0.39 is 27.4 Å². The first-order valence-corrected chi connectivity index (χ1v) is 9.20.